The van der Waals surface area contributed by atoms with Crippen molar-refractivity contribution >= 4 is 11.7 Å². The van der Waals surface area contributed by atoms with E-state index in [-0.39, 0.29) is 29.6 Å². The summed E-state index contributed by atoms with van der Waals surface area (Å²) in [6.07, 6.45) is -1.43. The molecule has 3 heterocycles. The number of carbonyl (C=O) groups excluding carboxylic acids is 1. The first-order chi connectivity index (χ1) is 15.3. The number of hydrogen-bond acceptors (Lipinski definition) is 6. The van der Waals surface area contributed by atoms with Crippen LogP contribution >= 0.6 is 0 Å². The van der Waals surface area contributed by atoms with Gasteiger partial charge in [0.1, 0.15) is 23.4 Å². The van der Waals surface area contributed by atoms with E-state index < -0.39 is 11.9 Å². The van der Waals surface area contributed by atoms with Crippen molar-refractivity contribution in [2.75, 3.05) is 18.0 Å². The van der Waals surface area contributed by atoms with Crippen LogP contribution in [0.2, 0.25) is 0 Å². The normalized spacial score (nSPS) is 17.2. The van der Waals surface area contributed by atoms with Crippen molar-refractivity contribution in [1.29, 1.82) is 0 Å². The molecular weight excluding hydrogens is 425 g/mol. The fourth-order valence-corrected chi connectivity index (χ4v) is 3.50. The van der Waals surface area contributed by atoms with E-state index in [1.165, 1.54) is 18.7 Å². The minimum Gasteiger partial charge on any atom is -0.489 e. The second-order valence-corrected chi connectivity index (χ2v) is 7.48. The molecule has 0 bridgehead atoms. The van der Waals surface area contributed by atoms with Crippen molar-refractivity contribution in [1.82, 2.24) is 15.3 Å². The van der Waals surface area contributed by atoms with E-state index >= 15 is 0 Å². The van der Waals surface area contributed by atoms with Crippen molar-refractivity contribution in [3.63, 3.8) is 0 Å². The predicted molar refractivity (Wildman–Crippen MR) is 109 cm³/mol. The quantitative estimate of drug-likeness (QED) is 0.610. The molecule has 1 unspecified atom stereocenters. The summed E-state index contributed by atoms with van der Waals surface area (Å²) in [7, 11) is 0. The number of oxazole rings is 1. The van der Waals surface area contributed by atoms with Gasteiger partial charge in [-0.25, -0.2) is 9.97 Å². The maximum absolute atomic E-state index is 12.9. The number of ether oxygens (including phenoxy) is 1. The highest BCUT2D eigenvalue weighted by Crippen LogP contribution is 2.30. The molecule has 0 saturated carbocycles. The molecule has 1 aromatic carbocycles. The molecule has 168 valence electrons. The number of nitrogens with one attached hydrogen (secondary N) is 1. The largest absolute Gasteiger partial charge is 0.489 e. The smallest absolute Gasteiger partial charge is 0.433 e. The Morgan fingerprint density at radius 1 is 1.25 bits per heavy atom. The molecular formula is C22H21F3N4O3. The number of halogens is 3. The highest BCUT2D eigenvalue weighted by Gasteiger charge is 2.33. The van der Waals surface area contributed by atoms with Gasteiger partial charge in [0.2, 0.25) is 5.76 Å². The third-order valence-corrected chi connectivity index (χ3v) is 5.18. The van der Waals surface area contributed by atoms with Crippen LogP contribution in [0.15, 0.2) is 59.5 Å². The first kappa shape index (κ1) is 21.7. The van der Waals surface area contributed by atoms with E-state index in [0.29, 0.717) is 25.3 Å². The number of benzene rings is 1. The van der Waals surface area contributed by atoms with Gasteiger partial charge >= 0.3 is 6.18 Å². The summed E-state index contributed by atoms with van der Waals surface area (Å²) >= 11 is 0. The minimum absolute atomic E-state index is 0.137. The first-order valence-corrected chi connectivity index (χ1v) is 10.0. The zero-order chi connectivity index (χ0) is 22.7. The Labute approximate surface area is 182 Å². The van der Waals surface area contributed by atoms with Gasteiger partial charge in [0.15, 0.2) is 6.39 Å². The van der Waals surface area contributed by atoms with Crippen LogP contribution in [0.25, 0.3) is 0 Å². The van der Waals surface area contributed by atoms with Crippen LogP contribution in [-0.4, -0.2) is 35.1 Å². The molecule has 1 aliphatic heterocycles. The number of anilines is 1. The first-order valence-electron chi connectivity index (χ1n) is 10.0. The highest BCUT2D eigenvalue weighted by atomic mass is 19.4. The lowest BCUT2D eigenvalue weighted by Gasteiger charge is -2.19. The zero-order valence-corrected chi connectivity index (χ0v) is 17.2. The number of aromatic nitrogens is 2. The molecule has 2 aromatic heterocycles. The van der Waals surface area contributed by atoms with Gasteiger partial charge in [-0.15, -0.1) is 0 Å². The van der Waals surface area contributed by atoms with Crippen LogP contribution in [0.3, 0.4) is 0 Å². The van der Waals surface area contributed by atoms with Crippen LogP contribution in [0.5, 0.6) is 5.75 Å². The van der Waals surface area contributed by atoms with E-state index in [1.54, 1.807) is 23.1 Å². The van der Waals surface area contributed by atoms with Crippen LogP contribution < -0.4 is 15.0 Å². The van der Waals surface area contributed by atoms with E-state index in [2.05, 4.69) is 15.3 Å². The van der Waals surface area contributed by atoms with Crippen LogP contribution in [-0.2, 0) is 6.18 Å². The molecule has 0 aliphatic carbocycles. The van der Waals surface area contributed by atoms with Gasteiger partial charge in [-0.05, 0) is 36.8 Å². The average molecular weight is 446 g/mol. The summed E-state index contributed by atoms with van der Waals surface area (Å²) in [5.41, 5.74) is -0.0223. The molecule has 1 amide bonds. The molecule has 3 aromatic rings. The number of nitrogens with zero attached hydrogens (tertiary/aromatic N) is 3. The molecule has 1 saturated heterocycles. The fourth-order valence-electron chi connectivity index (χ4n) is 3.50. The van der Waals surface area contributed by atoms with Crippen molar-refractivity contribution in [2.45, 2.75) is 31.7 Å². The molecule has 7 nitrogen and oxygen atoms in total. The summed E-state index contributed by atoms with van der Waals surface area (Å²) in [5, 5.41) is 2.82. The number of pyridine rings is 1. The maximum Gasteiger partial charge on any atom is 0.433 e. The van der Waals surface area contributed by atoms with Gasteiger partial charge in [0.05, 0.1) is 18.8 Å². The van der Waals surface area contributed by atoms with Crippen LogP contribution in [0.4, 0.5) is 19.0 Å². The van der Waals surface area contributed by atoms with E-state index in [4.69, 9.17) is 9.15 Å². The van der Waals surface area contributed by atoms with Gasteiger partial charge in [-0.2, -0.15) is 13.2 Å². The lowest BCUT2D eigenvalue weighted by molar-refractivity contribution is -0.141. The Balaban J connectivity index is 1.33. The van der Waals surface area contributed by atoms with Gasteiger partial charge in [-0.3, -0.25) is 4.79 Å². The second-order valence-electron chi connectivity index (χ2n) is 7.48. The predicted octanol–water partition coefficient (Wildman–Crippen LogP) is 4.24. The number of hydrogen-bond donors (Lipinski definition) is 1. The number of carbonyl (C=O) groups is 1. The molecule has 0 spiro atoms. The molecule has 1 aliphatic rings. The van der Waals surface area contributed by atoms with E-state index in [9.17, 15) is 18.0 Å². The van der Waals surface area contributed by atoms with Gasteiger partial charge in [-0.1, -0.05) is 18.2 Å². The zero-order valence-electron chi connectivity index (χ0n) is 17.2. The molecule has 4 rings (SSSR count). The van der Waals surface area contributed by atoms with Crippen LogP contribution in [0.1, 0.15) is 41.2 Å². The van der Waals surface area contributed by atoms with Crippen molar-refractivity contribution in [3.05, 3.63) is 72.1 Å². The van der Waals surface area contributed by atoms with Gasteiger partial charge in [0.25, 0.3) is 5.91 Å². The number of amides is 1. The molecule has 1 N–H and O–H groups in total. The van der Waals surface area contributed by atoms with Crippen molar-refractivity contribution in [2.24, 2.45) is 0 Å². The lowest BCUT2D eigenvalue weighted by Crippen LogP contribution is -2.26. The molecule has 2 atom stereocenters. The van der Waals surface area contributed by atoms with Crippen LogP contribution in [0, 0.1) is 0 Å². The summed E-state index contributed by atoms with van der Waals surface area (Å²) in [4.78, 5) is 21.3. The fraction of sp³-hybridized carbons (Fsp3) is 0.318. The second kappa shape index (κ2) is 8.89. The molecule has 1 fully saturated rings. The Hall–Kier alpha value is -3.56. The van der Waals surface area contributed by atoms with Gasteiger partial charge in [0, 0.05) is 13.0 Å². The molecule has 0 radical (unpaired) electrons. The Kier molecular flexibility index (Phi) is 6.02. The molecule has 32 heavy (non-hydrogen) atoms. The minimum atomic E-state index is -4.47. The lowest BCUT2D eigenvalue weighted by atomic mass is 10.1. The van der Waals surface area contributed by atoms with Gasteiger partial charge < -0.3 is 19.4 Å². The average Bonchev–Trinajstić information content (AvgIpc) is 3.46. The third kappa shape index (κ3) is 5.01. The number of rotatable bonds is 6. The van der Waals surface area contributed by atoms with E-state index in [1.807, 2.05) is 19.1 Å². The Morgan fingerprint density at radius 3 is 2.72 bits per heavy atom. The monoisotopic (exact) mass is 446 g/mol. The summed E-state index contributed by atoms with van der Waals surface area (Å²) in [5.74, 6) is 0.714. The SMILES string of the molecule is C[C@H](NC(=O)c1cnco1)c1ccc(OC2CCN(c3cccc(C(F)(F)F)n3)C2)cc1. The third-order valence-electron chi connectivity index (χ3n) is 5.18. The highest BCUT2D eigenvalue weighted by molar-refractivity contribution is 5.91. The molecule has 10 heteroatoms. The topological polar surface area (TPSA) is 80.5 Å². The maximum atomic E-state index is 12.9. The standard InChI is InChI=1S/C22H21F3N4O3/c1-14(27-21(30)18-11-26-13-31-18)15-5-7-16(8-6-15)32-17-9-10-29(12-17)20-4-2-3-19(28-20)22(23,24)25/h2-8,11,13-14,17H,9-10,12H2,1H3,(H,27,30)/t14-,17?/m0/s1. The summed E-state index contributed by atoms with van der Waals surface area (Å²) in [6, 6.07) is 10.9. The Morgan fingerprint density at radius 2 is 2.03 bits per heavy atom. The summed E-state index contributed by atoms with van der Waals surface area (Å²) < 4.78 is 49.7. The van der Waals surface area contributed by atoms with Crippen molar-refractivity contribution in [3.8, 4) is 5.75 Å². The Bertz CT molecular complexity index is 1060. The number of alkyl halides is 3. The van der Waals surface area contributed by atoms with Crippen molar-refractivity contribution < 1.29 is 27.1 Å². The summed E-state index contributed by atoms with van der Waals surface area (Å²) in [6.45, 7) is 2.85. The van der Waals surface area contributed by atoms with E-state index in [0.717, 1.165) is 11.6 Å².